The Labute approximate surface area is 111 Å². The highest BCUT2D eigenvalue weighted by Crippen LogP contribution is 2.25. The molecule has 0 radical (unpaired) electrons. The Bertz CT molecular complexity index is 570. The maximum absolute atomic E-state index is 11.9. The monoisotopic (exact) mass is 257 g/mol. The van der Waals surface area contributed by atoms with Crippen LogP contribution >= 0.6 is 0 Å². The highest BCUT2D eigenvalue weighted by molar-refractivity contribution is 6.00. The number of nitrogens with zero attached hydrogens (tertiary/aromatic N) is 1. The molecule has 0 atom stereocenters. The van der Waals surface area contributed by atoms with E-state index in [0.29, 0.717) is 17.1 Å². The molecule has 0 aliphatic heterocycles. The Kier molecular flexibility index (Phi) is 3.97. The molecule has 19 heavy (non-hydrogen) atoms. The maximum atomic E-state index is 11.9. The summed E-state index contributed by atoms with van der Waals surface area (Å²) in [5, 5.41) is 5.44. The molecule has 5 heteroatoms. The minimum absolute atomic E-state index is 0.336. The second-order valence-electron chi connectivity index (χ2n) is 4.02. The number of aryl methyl sites for hydroxylation is 1. The van der Waals surface area contributed by atoms with Crippen LogP contribution in [0.25, 0.3) is 0 Å². The molecule has 2 aromatic rings. The van der Waals surface area contributed by atoms with E-state index >= 15 is 0 Å². The summed E-state index contributed by atoms with van der Waals surface area (Å²) in [5.41, 5.74) is 2.30. The van der Waals surface area contributed by atoms with Gasteiger partial charge in [0, 0.05) is 6.20 Å². The summed E-state index contributed by atoms with van der Waals surface area (Å²) < 4.78 is 5.20. The van der Waals surface area contributed by atoms with Crippen molar-refractivity contribution in [3.63, 3.8) is 0 Å². The lowest BCUT2D eigenvalue weighted by atomic mass is 10.2. The number of ether oxygens (including phenoxy) is 1. The standard InChI is InChI=1S/C14H15N3O2/c1-10-5-6-13(19-2)12(8-10)17-14(18)16-11-4-3-7-15-9-11/h3-9H,1-2H3,(H2,16,17,18). The van der Waals surface area contributed by atoms with Gasteiger partial charge in [-0.15, -0.1) is 0 Å². The first-order valence-corrected chi connectivity index (χ1v) is 5.81. The number of nitrogens with one attached hydrogen (secondary N) is 2. The van der Waals surface area contributed by atoms with Gasteiger partial charge in [0.1, 0.15) is 5.75 Å². The number of methoxy groups -OCH3 is 1. The van der Waals surface area contributed by atoms with Crippen LogP contribution < -0.4 is 15.4 Å². The number of carbonyl (C=O) groups excluding carboxylic acids is 1. The molecular weight excluding hydrogens is 242 g/mol. The summed E-state index contributed by atoms with van der Waals surface area (Å²) in [4.78, 5) is 15.8. The number of benzene rings is 1. The van der Waals surface area contributed by atoms with Crippen molar-refractivity contribution in [1.29, 1.82) is 0 Å². The van der Waals surface area contributed by atoms with Gasteiger partial charge in [-0.3, -0.25) is 4.98 Å². The summed E-state index contributed by atoms with van der Waals surface area (Å²) in [7, 11) is 1.56. The quantitative estimate of drug-likeness (QED) is 0.888. The van der Waals surface area contributed by atoms with Crippen LogP contribution in [-0.4, -0.2) is 18.1 Å². The van der Waals surface area contributed by atoms with Gasteiger partial charge in [-0.1, -0.05) is 6.07 Å². The lowest BCUT2D eigenvalue weighted by Crippen LogP contribution is -2.19. The normalized spacial score (nSPS) is 9.79. The van der Waals surface area contributed by atoms with Gasteiger partial charge in [-0.05, 0) is 36.8 Å². The summed E-state index contributed by atoms with van der Waals surface area (Å²) in [6.45, 7) is 1.95. The number of carbonyl (C=O) groups is 1. The third-order valence-electron chi connectivity index (χ3n) is 2.52. The molecule has 1 aromatic carbocycles. The first kappa shape index (κ1) is 12.9. The Morgan fingerprint density at radius 2 is 2.11 bits per heavy atom. The fourth-order valence-electron chi connectivity index (χ4n) is 1.64. The van der Waals surface area contributed by atoms with E-state index in [1.165, 1.54) is 0 Å². The molecule has 0 saturated carbocycles. The zero-order valence-corrected chi connectivity index (χ0v) is 10.8. The smallest absolute Gasteiger partial charge is 0.323 e. The Hall–Kier alpha value is -2.56. The molecule has 2 N–H and O–H groups in total. The van der Waals surface area contributed by atoms with Crippen molar-refractivity contribution in [3.05, 3.63) is 48.3 Å². The first-order valence-electron chi connectivity index (χ1n) is 5.81. The van der Waals surface area contributed by atoms with Crippen LogP contribution in [0.5, 0.6) is 5.75 Å². The van der Waals surface area contributed by atoms with Crippen molar-refractivity contribution in [2.45, 2.75) is 6.92 Å². The van der Waals surface area contributed by atoms with Crippen molar-refractivity contribution in [2.24, 2.45) is 0 Å². The molecule has 1 heterocycles. The van der Waals surface area contributed by atoms with E-state index in [2.05, 4.69) is 15.6 Å². The number of aromatic nitrogens is 1. The van der Waals surface area contributed by atoms with Crippen molar-refractivity contribution >= 4 is 17.4 Å². The zero-order chi connectivity index (χ0) is 13.7. The average Bonchev–Trinajstić information content (AvgIpc) is 2.40. The van der Waals surface area contributed by atoms with Gasteiger partial charge >= 0.3 is 6.03 Å². The minimum Gasteiger partial charge on any atom is -0.495 e. The number of amides is 2. The van der Waals surface area contributed by atoms with Gasteiger partial charge in [0.25, 0.3) is 0 Å². The van der Waals surface area contributed by atoms with E-state index in [-0.39, 0.29) is 6.03 Å². The topological polar surface area (TPSA) is 63.2 Å². The molecule has 0 bridgehead atoms. The molecule has 2 amide bonds. The van der Waals surface area contributed by atoms with Crippen molar-refractivity contribution in [3.8, 4) is 5.75 Å². The number of urea groups is 1. The third kappa shape index (κ3) is 3.45. The van der Waals surface area contributed by atoms with E-state index in [4.69, 9.17) is 4.74 Å². The summed E-state index contributed by atoms with van der Waals surface area (Å²) in [6, 6.07) is 8.76. The number of anilines is 2. The Morgan fingerprint density at radius 3 is 2.79 bits per heavy atom. The van der Waals surface area contributed by atoms with Gasteiger partial charge in [0.05, 0.1) is 24.7 Å². The molecule has 0 fully saturated rings. The van der Waals surface area contributed by atoms with Crippen molar-refractivity contribution in [1.82, 2.24) is 4.98 Å². The molecule has 0 aliphatic carbocycles. The predicted octanol–water partition coefficient (Wildman–Crippen LogP) is 3.04. The van der Waals surface area contributed by atoms with Gasteiger partial charge in [-0.25, -0.2) is 4.79 Å². The molecule has 1 aromatic heterocycles. The van der Waals surface area contributed by atoms with Crippen LogP contribution in [0.3, 0.4) is 0 Å². The van der Waals surface area contributed by atoms with Crippen LogP contribution in [-0.2, 0) is 0 Å². The molecule has 2 rings (SSSR count). The molecule has 0 saturated heterocycles. The molecule has 0 spiro atoms. The van der Waals surface area contributed by atoms with Crippen LogP contribution in [0.4, 0.5) is 16.2 Å². The molecular formula is C14H15N3O2. The molecule has 5 nitrogen and oxygen atoms in total. The summed E-state index contributed by atoms with van der Waals surface area (Å²) in [6.07, 6.45) is 3.22. The number of hydrogen-bond donors (Lipinski definition) is 2. The van der Waals surface area contributed by atoms with E-state index in [0.717, 1.165) is 5.56 Å². The number of pyridine rings is 1. The highest BCUT2D eigenvalue weighted by atomic mass is 16.5. The molecule has 98 valence electrons. The number of hydrogen-bond acceptors (Lipinski definition) is 3. The lowest BCUT2D eigenvalue weighted by Gasteiger charge is -2.11. The van der Waals surface area contributed by atoms with E-state index in [9.17, 15) is 4.79 Å². The second kappa shape index (κ2) is 5.86. The fraction of sp³-hybridized carbons (Fsp3) is 0.143. The Morgan fingerprint density at radius 1 is 1.26 bits per heavy atom. The van der Waals surface area contributed by atoms with Crippen LogP contribution in [0.2, 0.25) is 0 Å². The number of rotatable bonds is 3. The van der Waals surface area contributed by atoms with Gasteiger partial charge < -0.3 is 15.4 Å². The Balaban J connectivity index is 2.09. The largest absolute Gasteiger partial charge is 0.495 e. The fourth-order valence-corrected chi connectivity index (χ4v) is 1.64. The molecule has 0 unspecified atom stereocenters. The van der Waals surface area contributed by atoms with Crippen LogP contribution in [0.15, 0.2) is 42.7 Å². The van der Waals surface area contributed by atoms with E-state index in [1.807, 2.05) is 25.1 Å². The maximum Gasteiger partial charge on any atom is 0.323 e. The molecule has 0 aliphatic rings. The SMILES string of the molecule is COc1ccc(C)cc1NC(=O)Nc1cccnc1. The van der Waals surface area contributed by atoms with E-state index < -0.39 is 0 Å². The zero-order valence-electron chi connectivity index (χ0n) is 10.8. The van der Waals surface area contributed by atoms with Crippen molar-refractivity contribution in [2.75, 3.05) is 17.7 Å². The van der Waals surface area contributed by atoms with Gasteiger partial charge in [0.15, 0.2) is 0 Å². The highest BCUT2D eigenvalue weighted by Gasteiger charge is 2.07. The van der Waals surface area contributed by atoms with Crippen molar-refractivity contribution < 1.29 is 9.53 Å². The minimum atomic E-state index is -0.336. The predicted molar refractivity (Wildman–Crippen MR) is 74.6 cm³/mol. The first-order chi connectivity index (χ1) is 9.19. The third-order valence-corrected chi connectivity index (χ3v) is 2.52. The summed E-state index contributed by atoms with van der Waals surface area (Å²) in [5.74, 6) is 0.618. The van der Waals surface area contributed by atoms with Gasteiger partial charge in [-0.2, -0.15) is 0 Å². The second-order valence-corrected chi connectivity index (χ2v) is 4.02. The average molecular weight is 257 g/mol. The lowest BCUT2D eigenvalue weighted by molar-refractivity contribution is 0.262. The van der Waals surface area contributed by atoms with Gasteiger partial charge in [0.2, 0.25) is 0 Å². The summed E-state index contributed by atoms with van der Waals surface area (Å²) >= 11 is 0. The van der Waals surface area contributed by atoms with Crippen LogP contribution in [0, 0.1) is 6.92 Å². The van der Waals surface area contributed by atoms with E-state index in [1.54, 1.807) is 31.6 Å². The van der Waals surface area contributed by atoms with Crippen LogP contribution in [0.1, 0.15) is 5.56 Å².